The summed E-state index contributed by atoms with van der Waals surface area (Å²) in [6.07, 6.45) is 3.38. The zero-order chi connectivity index (χ0) is 15.1. The predicted molar refractivity (Wildman–Crippen MR) is 80.5 cm³/mol. The number of nitrogens with one attached hydrogen (secondary N) is 2. The normalized spacial score (nSPS) is 13.2. The molecule has 5 heteroatoms. The molecule has 1 heterocycles. The quantitative estimate of drug-likeness (QED) is 0.784. The van der Waals surface area contributed by atoms with Crippen molar-refractivity contribution in [2.45, 2.75) is 19.1 Å². The van der Waals surface area contributed by atoms with Gasteiger partial charge in [-0.3, -0.25) is 4.98 Å². The minimum absolute atomic E-state index is 0.135. The van der Waals surface area contributed by atoms with Crippen molar-refractivity contribution in [2.75, 3.05) is 6.54 Å². The summed E-state index contributed by atoms with van der Waals surface area (Å²) in [6.45, 7) is 2.20. The van der Waals surface area contributed by atoms with Gasteiger partial charge in [-0.05, 0) is 24.1 Å². The van der Waals surface area contributed by atoms with E-state index in [0.717, 1.165) is 11.1 Å². The van der Waals surface area contributed by atoms with Crippen molar-refractivity contribution in [1.82, 2.24) is 15.6 Å². The number of amides is 2. The SMILES string of the molecule is C[C@@](O)(CNC(=O)NCc1cccnc1)c1ccccc1. The molecule has 0 saturated carbocycles. The molecule has 2 aromatic rings. The van der Waals surface area contributed by atoms with Crippen molar-refractivity contribution in [3.05, 3.63) is 66.0 Å². The Morgan fingerprint density at radius 1 is 1.19 bits per heavy atom. The Morgan fingerprint density at radius 2 is 1.95 bits per heavy atom. The first-order valence-corrected chi connectivity index (χ1v) is 6.76. The van der Waals surface area contributed by atoms with Gasteiger partial charge in [-0.1, -0.05) is 36.4 Å². The van der Waals surface area contributed by atoms with E-state index in [4.69, 9.17) is 0 Å². The average molecular weight is 285 g/mol. The molecule has 1 atom stereocenters. The highest BCUT2D eigenvalue weighted by atomic mass is 16.3. The van der Waals surface area contributed by atoms with Crippen molar-refractivity contribution in [2.24, 2.45) is 0 Å². The third kappa shape index (κ3) is 4.57. The molecule has 21 heavy (non-hydrogen) atoms. The molecule has 1 aromatic heterocycles. The third-order valence-corrected chi connectivity index (χ3v) is 3.16. The van der Waals surface area contributed by atoms with Crippen LogP contribution in [-0.2, 0) is 12.1 Å². The number of hydrogen-bond acceptors (Lipinski definition) is 3. The molecule has 0 unspecified atom stereocenters. The van der Waals surface area contributed by atoms with Gasteiger partial charge in [0.2, 0.25) is 0 Å². The maximum absolute atomic E-state index is 11.7. The van der Waals surface area contributed by atoms with E-state index in [9.17, 15) is 9.90 Å². The summed E-state index contributed by atoms with van der Waals surface area (Å²) >= 11 is 0. The molecule has 110 valence electrons. The molecule has 0 aliphatic carbocycles. The number of nitrogens with zero attached hydrogens (tertiary/aromatic N) is 1. The van der Waals surface area contributed by atoms with Crippen LogP contribution in [0.1, 0.15) is 18.1 Å². The molecule has 0 aliphatic heterocycles. The monoisotopic (exact) mass is 285 g/mol. The molecule has 0 aliphatic rings. The lowest BCUT2D eigenvalue weighted by Crippen LogP contribution is -2.43. The number of urea groups is 1. The van der Waals surface area contributed by atoms with E-state index in [1.54, 1.807) is 19.3 Å². The number of carbonyl (C=O) groups excluding carboxylic acids is 1. The maximum atomic E-state index is 11.7. The van der Waals surface area contributed by atoms with Gasteiger partial charge < -0.3 is 15.7 Å². The Kier molecular flexibility index (Phi) is 4.90. The molecule has 2 amide bonds. The number of hydrogen-bond donors (Lipinski definition) is 3. The zero-order valence-corrected chi connectivity index (χ0v) is 11.9. The highest BCUT2D eigenvalue weighted by Gasteiger charge is 2.23. The average Bonchev–Trinajstić information content (AvgIpc) is 2.53. The van der Waals surface area contributed by atoms with Gasteiger partial charge in [0, 0.05) is 18.9 Å². The summed E-state index contributed by atoms with van der Waals surface area (Å²) in [5, 5.41) is 15.8. The first-order valence-electron chi connectivity index (χ1n) is 6.76. The van der Waals surface area contributed by atoms with E-state index in [2.05, 4.69) is 15.6 Å². The summed E-state index contributed by atoms with van der Waals surface area (Å²) in [5.74, 6) is 0. The second-order valence-electron chi connectivity index (χ2n) is 5.04. The topological polar surface area (TPSA) is 74.2 Å². The standard InChI is InChI=1S/C16H19N3O2/c1-16(21,14-7-3-2-4-8-14)12-19-15(20)18-11-13-6-5-9-17-10-13/h2-10,21H,11-12H2,1H3,(H2,18,19,20)/t16-/m1/s1. The van der Waals surface area contributed by atoms with Crippen LogP contribution in [0.15, 0.2) is 54.9 Å². The van der Waals surface area contributed by atoms with Crippen LogP contribution < -0.4 is 10.6 Å². The smallest absolute Gasteiger partial charge is 0.315 e. The third-order valence-electron chi connectivity index (χ3n) is 3.16. The van der Waals surface area contributed by atoms with E-state index >= 15 is 0 Å². The van der Waals surface area contributed by atoms with Crippen LogP contribution >= 0.6 is 0 Å². The number of carbonyl (C=O) groups is 1. The van der Waals surface area contributed by atoms with E-state index < -0.39 is 5.60 Å². The number of aromatic nitrogens is 1. The summed E-state index contributed by atoms with van der Waals surface area (Å²) in [4.78, 5) is 15.7. The number of benzene rings is 1. The highest BCUT2D eigenvalue weighted by Crippen LogP contribution is 2.18. The van der Waals surface area contributed by atoms with Gasteiger partial charge in [0.05, 0.1) is 6.54 Å². The maximum Gasteiger partial charge on any atom is 0.315 e. The van der Waals surface area contributed by atoms with Crippen LogP contribution in [0.4, 0.5) is 4.79 Å². The zero-order valence-electron chi connectivity index (χ0n) is 11.9. The first-order chi connectivity index (χ1) is 10.1. The molecule has 0 spiro atoms. The van der Waals surface area contributed by atoms with E-state index in [1.165, 1.54) is 0 Å². The van der Waals surface area contributed by atoms with Crippen LogP contribution in [0.5, 0.6) is 0 Å². The van der Waals surface area contributed by atoms with Crippen molar-refractivity contribution in [3.8, 4) is 0 Å². The Bertz CT molecular complexity index is 571. The fourth-order valence-electron chi connectivity index (χ4n) is 1.90. The van der Waals surface area contributed by atoms with Crippen LogP contribution in [-0.4, -0.2) is 22.7 Å². The van der Waals surface area contributed by atoms with Crippen LogP contribution in [0.25, 0.3) is 0 Å². The lowest BCUT2D eigenvalue weighted by molar-refractivity contribution is 0.0594. The summed E-state index contributed by atoms with van der Waals surface area (Å²) in [6, 6.07) is 12.6. The van der Waals surface area contributed by atoms with Crippen molar-refractivity contribution >= 4 is 6.03 Å². The summed E-state index contributed by atoms with van der Waals surface area (Å²) in [7, 11) is 0. The molecular weight excluding hydrogens is 266 g/mol. The number of pyridine rings is 1. The highest BCUT2D eigenvalue weighted by molar-refractivity contribution is 5.73. The fraction of sp³-hybridized carbons (Fsp3) is 0.250. The summed E-state index contributed by atoms with van der Waals surface area (Å²) in [5.41, 5.74) is 0.576. The molecule has 0 radical (unpaired) electrons. The van der Waals surface area contributed by atoms with Crippen LogP contribution in [0.3, 0.4) is 0 Å². The van der Waals surface area contributed by atoms with E-state index in [1.807, 2.05) is 42.5 Å². The minimum Gasteiger partial charge on any atom is -0.384 e. The van der Waals surface area contributed by atoms with E-state index in [0.29, 0.717) is 6.54 Å². The molecule has 0 bridgehead atoms. The second-order valence-corrected chi connectivity index (χ2v) is 5.04. The lowest BCUT2D eigenvalue weighted by Gasteiger charge is -2.24. The van der Waals surface area contributed by atoms with Gasteiger partial charge in [-0.15, -0.1) is 0 Å². The fourth-order valence-corrected chi connectivity index (χ4v) is 1.90. The summed E-state index contributed by atoms with van der Waals surface area (Å²) < 4.78 is 0. The van der Waals surface area contributed by atoms with Gasteiger partial charge in [0.15, 0.2) is 0 Å². The van der Waals surface area contributed by atoms with Crippen molar-refractivity contribution in [1.29, 1.82) is 0 Å². The largest absolute Gasteiger partial charge is 0.384 e. The molecule has 5 nitrogen and oxygen atoms in total. The molecule has 2 rings (SSSR count). The van der Waals surface area contributed by atoms with Gasteiger partial charge in [0.25, 0.3) is 0 Å². The van der Waals surface area contributed by atoms with Gasteiger partial charge >= 0.3 is 6.03 Å². The van der Waals surface area contributed by atoms with Gasteiger partial charge in [-0.25, -0.2) is 4.79 Å². The van der Waals surface area contributed by atoms with Crippen LogP contribution in [0, 0.1) is 0 Å². The van der Waals surface area contributed by atoms with Crippen molar-refractivity contribution in [3.63, 3.8) is 0 Å². The van der Waals surface area contributed by atoms with Crippen LogP contribution in [0.2, 0.25) is 0 Å². The Morgan fingerprint density at radius 3 is 2.62 bits per heavy atom. The Balaban J connectivity index is 1.81. The molecule has 0 fully saturated rings. The van der Waals surface area contributed by atoms with Crippen molar-refractivity contribution < 1.29 is 9.90 Å². The molecule has 1 aromatic carbocycles. The number of aliphatic hydroxyl groups is 1. The predicted octanol–water partition coefficient (Wildman–Crippen LogP) is 1.79. The van der Waals surface area contributed by atoms with Gasteiger partial charge in [0.1, 0.15) is 5.60 Å². The van der Waals surface area contributed by atoms with E-state index in [-0.39, 0.29) is 12.6 Å². The molecule has 0 saturated heterocycles. The second kappa shape index (κ2) is 6.85. The first kappa shape index (κ1) is 15.0. The molecular formula is C16H19N3O2. The Labute approximate surface area is 124 Å². The number of rotatable bonds is 5. The Hall–Kier alpha value is -2.40. The lowest BCUT2D eigenvalue weighted by atomic mass is 9.96. The molecule has 3 N–H and O–H groups in total. The van der Waals surface area contributed by atoms with Gasteiger partial charge in [-0.2, -0.15) is 0 Å². The minimum atomic E-state index is -1.10.